The van der Waals surface area contributed by atoms with Crippen LogP contribution in [0.1, 0.15) is 78.1 Å². The van der Waals surface area contributed by atoms with Crippen molar-refractivity contribution in [2.45, 2.75) is 90.3 Å². The monoisotopic (exact) mass is 497 g/mol. The molecule has 2 saturated heterocycles. The number of carbonyl (C=O) groups is 2. The van der Waals surface area contributed by atoms with Crippen molar-refractivity contribution in [1.82, 2.24) is 5.06 Å². The molecule has 0 aromatic carbocycles. The van der Waals surface area contributed by atoms with Gasteiger partial charge in [-0.05, 0) is 86.9 Å². The number of nitrogens with zero attached hydrogens (tertiary/aromatic N) is 1. The lowest BCUT2D eigenvalue weighted by molar-refractivity contribution is -0.155. The maximum absolute atomic E-state index is 12.9. The lowest BCUT2D eigenvalue weighted by Gasteiger charge is -2.50. The third kappa shape index (κ3) is 3.89. The summed E-state index contributed by atoms with van der Waals surface area (Å²) in [7, 11) is 0. The molecule has 6 rings (SSSR count). The van der Waals surface area contributed by atoms with Gasteiger partial charge in [0.25, 0.3) is 0 Å². The van der Waals surface area contributed by atoms with E-state index < -0.39 is 0 Å². The van der Waals surface area contributed by atoms with Gasteiger partial charge < -0.3 is 14.7 Å². The summed E-state index contributed by atoms with van der Waals surface area (Å²) in [6, 6.07) is 0. The molecule has 1 N–H and O–H groups in total. The largest absolute Gasteiger partial charge is 0.462 e. The Kier molecular flexibility index (Phi) is 5.95. The lowest BCUT2D eigenvalue weighted by Crippen LogP contribution is -2.47. The van der Waals surface area contributed by atoms with Crippen LogP contribution in [0.5, 0.6) is 0 Å². The summed E-state index contributed by atoms with van der Waals surface area (Å²) in [5, 5.41) is 12.3. The number of rotatable bonds is 4. The lowest BCUT2D eigenvalue weighted by atomic mass is 9.55. The molecule has 6 nitrogen and oxygen atoms in total. The van der Waals surface area contributed by atoms with E-state index in [1.165, 1.54) is 16.2 Å². The minimum absolute atomic E-state index is 0.0720. The van der Waals surface area contributed by atoms with Crippen LogP contribution in [0.15, 0.2) is 24.3 Å². The minimum Gasteiger partial charge on any atom is -0.462 e. The predicted octanol–water partition coefficient (Wildman–Crippen LogP) is 5.31. The molecule has 2 aliphatic heterocycles. The zero-order chi connectivity index (χ0) is 25.4. The van der Waals surface area contributed by atoms with E-state index in [2.05, 4.69) is 27.0 Å². The number of fused-ring (bicyclic) bond motifs is 4. The predicted molar refractivity (Wildman–Crippen MR) is 135 cm³/mol. The van der Waals surface area contributed by atoms with Gasteiger partial charge in [-0.2, -0.15) is 5.06 Å². The van der Waals surface area contributed by atoms with Gasteiger partial charge in [-0.3, -0.25) is 9.59 Å². The molecule has 0 amide bonds. The second-order valence-corrected chi connectivity index (χ2v) is 13.7. The normalized spacial score (nSPS) is 48.1. The van der Waals surface area contributed by atoms with E-state index in [1.54, 1.807) is 0 Å². The van der Waals surface area contributed by atoms with E-state index >= 15 is 0 Å². The second-order valence-electron chi connectivity index (χ2n) is 13.7. The fraction of sp³-hybridized carbons (Fsp3) is 0.800. The Hall–Kier alpha value is -1.66. The third-order valence-corrected chi connectivity index (χ3v) is 11.5. The fourth-order valence-corrected chi connectivity index (χ4v) is 9.46. The molecule has 0 radical (unpaired) electrons. The molecule has 36 heavy (non-hydrogen) atoms. The Labute approximate surface area is 215 Å². The number of hydroxylamine groups is 2. The van der Waals surface area contributed by atoms with Crippen molar-refractivity contribution in [3.8, 4) is 0 Å². The maximum atomic E-state index is 12.9. The molecule has 0 bridgehead atoms. The minimum atomic E-state index is -0.361. The Morgan fingerprint density at radius 2 is 1.25 bits per heavy atom. The summed E-state index contributed by atoms with van der Waals surface area (Å²) in [4.78, 5) is 25.9. The highest BCUT2D eigenvalue weighted by Crippen LogP contribution is 2.58. The van der Waals surface area contributed by atoms with Gasteiger partial charge in [0.15, 0.2) is 0 Å². The summed E-state index contributed by atoms with van der Waals surface area (Å²) in [5.41, 5.74) is 2.95. The van der Waals surface area contributed by atoms with Crippen molar-refractivity contribution in [1.29, 1.82) is 0 Å². The van der Waals surface area contributed by atoms with Gasteiger partial charge >= 0.3 is 11.9 Å². The highest BCUT2D eigenvalue weighted by molar-refractivity contribution is 5.76. The molecular weight excluding hydrogens is 454 g/mol. The SMILES string of the molecule is C=C1CCC[C@@]2(C)C[C@@H]3OC(=O)[C@H](CN(O)C[C@@H]4C(=O)O[C@@H]5C[C@@]6(C)CCCC(=C)[C@@H]6C[C@H]45)[C@H]3C[C@H]12. The third-order valence-electron chi connectivity index (χ3n) is 11.5. The molecule has 6 heteroatoms. The number of esters is 2. The van der Waals surface area contributed by atoms with Gasteiger partial charge in [0.2, 0.25) is 0 Å². The highest BCUT2D eigenvalue weighted by atomic mass is 16.6. The Balaban J connectivity index is 1.13. The number of carbonyl (C=O) groups excluding carboxylic acids is 2. The zero-order valence-corrected chi connectivity index (χ0v) is 22.0. The van der Waals surface area contributed by atoms with Crippen LogP contribution >= 0.6 is 0 Å². The summed E-state index contributed by atoms with van der Waals surface area (Å²) in [5.74, 6) is -0.0784. The van der Waals surface area contributed by atoms with Gasteiger partial charge in [-0.15, -0.1) is 0 Å². The van der Waals surface area contributed by atoms with E-state index in [-0.39, 0.29) is 71.7 Å². The first kappa shape index (κ1) is 24.7. The van der Waals surface area contributed by atoms with Gasteiger partial charge in [0, 0.05) is 24.9 Å². The zero-order valence-electron chi connectivity index (χ0n) is 22.0. The average Bonchev–Trinajstić information content (AvgIpc) is 3.25. The van der Waals surface area contributed by atoms with Crippen molar-refractivity contribution >= 4 is 11.9 Å². The molecule has 4 saturated carbocycles. The van der Waals surface area contributed by atoms with Crippen LogP contribution in [0.2, 0.25) is 0 Å². The summed E-state index contributed by atoms with van der Waals surface area (Å²) < 4.78 is 11.8. The summed E-state index contributed by atoms with van der Waals surface area (Å²) >= 11 is 0. The Bertz CT molecular complexity index is 900. The smallest absolute Gasteiger partial charge is 0.311 e. The molecule has 198 valence electrons. The van der Waals surface area contributed by atoms with E-state index in [0.29, 0.717) is 11.8 Å². The highest BCUT2D eigenvalue weighted by Gasteiger charge is 2.57. The second kappa shape index (κ2) is 8.69. The van der Waals surface area contributed by atoms with Gasteiger partial charge in [-0.1, -0.05) is 38.2 Å². The van der Waals surface area contributed by atoms with Gasteiger partial charge in [0.05, 0.1) is 11.8 Å². The van der Waals surface area contributed by atoms with Crippen LogP contribution in [-0.4, -0.2) is 47.5 Å². The van der Waals surface area contributed by atoms with E-state index in [4.69, 9.17) is 9.47 Å². The number of ether oxygens (including phenoxy) is 2. The Morgan fingerprint density at radius 3 is 1.67 bits per heavy atom. The van der Waals surface area contributed by atoms with Crippen LogP contribution in [0.4, 0.5) is 0 Å². The molecule has 6 fully saturated rings. The van der Waals surface area contributed by atoms with E-state index in [1.807, 2.05) is 0 Å². The number of allylic oxidation sites excluding steroid dienone is 2. The van der Waals surface area contributed by atoms with E-state index in [9.17, 15) is 14.8 Å². The van der Waals surface area contributed by atoms with Crippen LogP contribution in [0.25, 0.3) is 0 Å². The number of hydrogen-bond donors (Lipinski definition) is 1. The quantitative estimate of drug-likeness (QED) is 0.322. The van der Waals surface area contributed by atoms with Crippen LogP contribution in [0, 0.1) is 46.3 Å². The van der Waals surface area contributed by atoms with Crippen molar-refractivity contribution in [2.24, 2.45) is 46.3 Å². The molecule has 6 aliphatic rings. The molecule has 0 spiro atoms. The first-order chi connectivity index (χ1) is 17.1. The Morgan fingerprint density at radius 1 is 0.833 bits per heavy atom. The van der Waals surface area contributed by atoms with Gasteiger partial charge in [0.1, 0.15) is 12.2 Å². The first-order valence-electron chi connectivity index (χ1n) is 14.3. The van der Waals surface area contributed by atoms with Crippen molar-refractivity contribution < 1.29 is 24.3 Å². The van der Waals surface area contributed by atoms with E-state index in [0.717, 1.165) is 64.2 Å². The van der Waals surface area contributed by atoms with Crippen molar-refractivity contribution in [3.63, 3.8) is 0 Å². The molecule has 0 aromatic rings. The van der Waals surface area contributed by atoms with Crippen LogP contribution in [0.3, 0.4) is 0 Å². The maximum Gasteiger partial charge on any atom is 0.311 e. The van der Waals surface area contributed by atoms with Crippen LogP contribution < -0.4 is 0 Å². The molecule has 4 aliphatic carbocycles. The topological polar surface area (TPSA) is 76.1 Å². The standard InChI is InChI=1S/C30H43NO5/c1-17-7-5-9-29(3)13-25-19(11-23(17)29)21(27(32)35-25)15-31(34)16-22-20-12-24-18(2)8-6-10-30(24,4)14-26(20)36-28(22)33/h19-26,34H,1-2,5-16H2,3-4H3/t19-,20-,21-,22+,23-,24+,25+,26-,29+,30-/m1/s1. The van der Waals surface area contributed by atoms with Crippen molar-refractivity contribution in [3.05, 3.63) is 24.3 Å². The fourth-order valence-electron chi connectivity index (χ4n) is 9.46. The van der Waals surface area contributed by atoms with Crippen LogP contribution in [-0.2, 0) is 19.1 Å². The number of hydrogen-bond acceptors (Lipinski definition) is 6. The summed E-state index contributed by atoms with van der Waals surface area (Å²) in [6.45, 7) is 13.8. The van der Waals surface area contributed by atoms with Gasteiger partial charge in [-0.25, -0.2) is 0 Å². The molecule has 0 aromatic heterocycles. The molecule has 10 atom stereocenters. The first-order valence-corrected chi connectivity index (χ1v) is 14.3. The average molecular weight is 498 g/mol. The summed E-state index contributed by atoms with van der Waals surface area (Å²) in [6.07, 6.45) is 10.2. The van der Waals surface area contributed by atoms with Crippen molar-refractivity contribution in [2.75, 3.05) is 13.1 Å². The molecule has 2 heterocycles. The molecule has 0 unspecified atom stereocenters. The molecular formula is C30H43NO5.